The standard InChI is InChI=1S/C17H29NO3/c1-14(2)21-13-17(19)12-18(9-10-20-4)11-16-8-6-5-7-15(16)3/h5-8,14,17,19H,9-13H2,1-4H3/t17-/m1/s1. The Morgan fingerprint density at radius 1 is 1.24 bits per heavy atom. The van der Waals surface area contributed by atoms with Crippen LogP contribution in [0.5, 0.6) is 0 Å². The summed E-state index contributed by atoms with van der Waals surface area (Å²) in [7, 11) is 1.70. The lowest BCUT2D eigenvalue weighted by molar-refractivity contribution is -0.0121. The first-order valence-electron chi connectivity index (χ1n) is 7.58. The van der Waals surface area contributed by atoms with Gasteiger partial charge in [-0.2, -0.15) is 0 Å². The Morgan fingerprint density at radius 2 is 1.95 bits per heavy atom. The molecule has 0 saturated heterocycles. The summed E-state index contributed by atoms with van der Waals surface area (Å²) < 4.78 is 10.6. The molecule has 120 valence electrons. The second-order valence-corrected chi connectivity index (χ2v) is 5.69. The summed E-state index contributed by atoms with van der Waals surface area (Å²) in [6.45, 7) is 9.29. The quantitative estimate of drug-likeness (QED) is 0.719. The predicted octanol–water partition coefficient (Wildman–Crippen LogP) is 2.23. The van der Waals surface area contributed by atoms with E-state index in [2.05, 4.69) is 30.0 Å². The highest BCUT2D eigenvalue weighted by molar-refractivity contribution is 5.25. The van der Waals surface area contributed by atoms with Gasteiger partial charge in [-0.1, -0.05) is 24.3 Å². The fraction of sp³-hybridized carbons (Fsp3) is 0.647. The summed E-state index contributed by atoms with van der Waals surface area (Å²) in [5, 5.41) is 10.1. The summed E-state index contributed by atoms with van der Waals surface area (Å²) in [5.41, 5.74) is 2.55. The van der Waals surface area contributed by atoms with Gasteiger partial charge >= 0.3 is 0 Å². The molecule has 0 saturated carbocycles. The van der Waals surface area contributed by atoms with Crippen LogP contribution in [0.4, 0.5) is 0 Å². The average Bonchev–Trinajstić information content (AvgIpc) is 2.45. The van der Waals surface area contributed by atoms with Crippen LogP contribution in [-0.4, -0.2) is 55.6 Å². The van der Waals surface area contributed by atoms with Gasteiger partial charge < -0.3 is 14.6 Å². The molecular weight excluding hydrogens is 266 g/mol. The third-order valence-electron chi connectivity index (χ3n) is 3.36. The van der Waals surface area contributed by atoms with Gasteiger partial charge in [-0.3, -0.25) is 4.90 Å². The normalized spacial score (nSPS) is 13.1. The molecule has 4 heteroatoms. The van der Waals surface area contributed by atoms with Crippen molar-refractivity contribution in [3.05, 3.63) is 35.4 Å². The Labute approximate surface area is 128 Å². The Morgan fingerprint density at radius 3 is 2.57 bits per heavy atom. The van der Waals surface area contributed by atoms with E-state index in [9.17, 15) is 5.11 Å². The summed E-state index contributed by atoms with van der Waals surface area (Å²) in [6, 6.07) is 8.34. The highest BCUT2D eigenvalue weighted by Crippen LogP contribution is 2.11. The highest BCUT2D eigenvalue weighted by Gasteiger charge is 2.14. The maximum Gasteiger partial charge on any atom is 0.0900 e. The van der Waals surface area contributed by atoms with E-state index >= 15 is 0 Å². The van der Waals surface area contributed by atoms with Crippen LogP contribution in [0.25, 0.3) is 0 Å². The largest absolute Gasteiger partial charge is 0.389 e. The fourth-order valence-electron chi connectivity index (χ4n) is 2.14. The van der Waals surface area contributed by atoms with Gasteiger partial charge in [-0.25, -0.2) is 0 Å². The summed E-state index contributed by atoms with van der Waals surface area (Å²) in [5.74, 6) is 0. The average molecular weight is 295 g/mol. The first kappa shape index (κ1) is 18.1. The lowest BCUT2D eigenvalue weighted by Crippen LogP contribution is -2.37. The fourth-order valence-corrected chi connectivity index (χ4v) is 2.14. The molecular formula is C17H29NO3. The van der Waals surface area contributed by atoms with Crippen molar-refractivity contribution in [1.82, 2.24) is 4.90 Å². The summed E-state index contributed by atoms with van der Waals surface area (Å²) in [6.07, 6.45) is -0.336. The van der Waals surface area contributed by atoms with Gasteiger partial charge in [0, 0.05) is 26.7 Å². The Balaban J connectivity index is 2.56. The molecule has 1 rings (SSSR count). The van der Waals surface area contributed by atoms with Gasteiger partial charge in [0.1, 0.15) is 0 Å². The maximum atomic E-state index is 10.1. The Kier molecular flexibility index (Phi) is 8.54. The van der Waals surface area contributed by atoms with Crippen LogP contribution < -0.4 is 0 Å². The SMILES string of the molecule is COCCN(Cc1ccccc1C)C[C@@H](O)COC(C)C. The van der Waals surface area contributed by atoms with Crippen molar-refractivity contribution in [1.29, 1.82) is 0 Å². The molecule has 0 aliphatic rings. The molecule has 0 amide bonds. The number of aryl methyl sites for hydroxylation is 1. The summed E-state index contributed by atoms with van der Waals surface area (Å²) >= 11 is 0. The molecule has 0 aliphatic carbocycles. The van der Waals surface area contributed by atoms with E-state index in [-0.39, 0.29) is 6.10 Å². The van der Waals surface area contributed by atoms with Crippen LogP contribution in [0.1, 0.15) is 25.0 Å². The lowest BCUT2D eigenvalue weighted by atomic mass is 10.1. The van der Waals surface area contributed by atoms with Crippen molar-refractivity contribution in [2.75, 3.05) is 33.4 Å². The van der Waals surface area contributed by atoms with Crippen molar-refractivity contribution < 1.29 is 14.6 Å². The summed E-state index contributed by atoms with van der Waals surface area (Å²) in [4.78, 5) is 2.21. The number of nitrogens with zero attached hydrogens (tertiary/aromatic N) is 1. The highest BCUT2D eigenvalue weighted by atomic mass is 16.5. The van der Waals surface area contributed by atoms with E-state index in [0.29, 0.717) is 19.8 Å². The topological polar surface area (TPSA) is 41.9 Å². The molecule has 0 bridgehead atoms. The number of aliphatic hydroxyl groups is 1. The van der Waals surface area contributed by atoms with Crippen LogP contribution >= 0.6 is 0 Å². The first-order valence-corrected chi connectivity index (χ1v) is 7.58. The van der Waals surface area contributed by atoms with E-state index in [1.807, 2.05) is 19.9 Å². The smallest absolute Gasteiger partial charge is 0.0900 e. The van der Waals surface area contributed by atoms with E-state index in [0.717, 1.165) is 13.1 Å². The second-order valence-electron chi connectivity index (χ2n) is 5.69. The Hall–Kier alpha value is -0.940. The molecule has 1 N–H and O–H groups in total. The van der Waals surface area contributed by atoms with Crippen molar-refractivity contribution in [2.24, 2.45) is 0 Å². The third kappa shape index (κ3) is 7.58. The minimum atomic E-state index is -0.478. The maximum absolute atomic E-state index is 10.1. The number of hydrogen-bond donors (Lipinski definition) is 1. The van der Waals surface area contributed by atoms with Crippen LogP contribution in [0.15, 0.2) is 24.3 Å². The zero-order valence-corrected chi connectivity index (χ0v) is 13.7. The molecule has 0 heterocycles. The van der Waals surface area contributed by atoms with E-state index in [1.54, 1.807) is 7.11 Å². The van der Waals surface area contributed by atoms with Crippen molar-refractivity contribution in [2.45, 2.75) is 39.5 Å². The zero-order valence-electron chi connectivity index (χ0n) is 13.7. The number of hydrogen-bond acceptors (Lipinski definition) is 4. The monoisotopic (exact) mass is 295 g/mol. The number of methoxy groups -OCH3 is 1. The molecule has 0 aliphatic heterocycles. The van der Waals surface area contributed by atoms with Gasteiger partial charge in [-0.05, 0) is 31.9 Å². The third-order valence-corrected chi connectivity index (χ3v) is 3.36. The van der Waals surface area contributed by atoms with Gasteiger partial charge in [0.2, 0.25) is 0 Å². The van der Waals surface area contributed by atoms with Crippen molar-refractivity contribution >= 4 is 0 Å². The van der Waals surface area contributed by atoms with Crippen LogP contribution in [0, 0.1) is 6.92 Å². The van der Waals surface area contributed by atoms with E-state index in [4.69, 9.17) is 9.47 Å². The molecule has 0 spiro atoms. The van der Waals surface area contributed by atoms with Gasteiger partial charge in [0.05, 0.1) is 25.4 Å². The predicted molar refractivity (Wildman–Crippen MR) is 85.4 cm³/mol. The number of rotatable bonds is 10. The van der Waals surface area contributed by atoms with Crippen molar-refractivity contribution in [3.8, 4) is 0 Å². The molecule has 0 aromatic heterocycles. The molecule has 21 heavy (non-hydrogen) atoms. The van der Waals surface area contributed by atoms with E-state index < -0.39 is 6.10 Å². The minimum Gasteiger partial charge on any atom is -0.389 e. The zero-order chi connectivity index (χ0) is 15.7. The van der Waals surface area contributed by atoms with Crippen LogP contribution in [0.3, 0.4) is 0 Å². The van der Waals surface area contributed by atoms with Crippen LogP contribution in [0.2, 0.25) is 0 Å². The molecule has 1 aromatic carbocycles. The van der Waals surface area contributed by atoms with Crippen LogP contribution in [-0.2, 0) is 16.0 Å². The molecule has 1 atom stereocenters. The van der Waals surface area contributed by atoms with E-state index in [1.165, 1.54) is 11.1 Å². The van der Waals surface area contributed by atoms with Gasteiger partial charge in [-0.15, -0.1) is 0 Å². The molecule has 0 radical (unpaired) electrons. The second kappa shape index (κ2) is 9.90. The molecule has 0 fully saturated rings. The Bertz CT molecular complexity index is 395. The number of benzene rings is 1. The molecule has 1 aromatic rings. The lowest BCUT2D eigenvalue weighted by Gasteiger charge is -2.26. The number of aliphatic hydroxyl groups excluding tert-OH is 1. The first-order chi connectivity index (χ1) is 10.0. The minimum absolute atomic E-state index is 0.142. The van der Waals surface area contributed by atoms with Gasteiger partial charge in [0.15, 0.2) is 0 Å². The molecule has 4 nitrogen and oxygen atoms in total. The number of ether oxygens (including phenoxy) is 2. The van der Waals surface area contributed by atoms with Gasteiger partial charge in [0.25, 0.3) is 0 Å². The van der Waals surface area contributed by atoms with Crippen molar-refractivity contribution in [3.63, 3.8) is 0 Å². The molecule has 0 unspecified atom stereocenters.